The van der Waals surface area contributed by atoms with Crippen LogP contribution in [0.5, 0.6) is 0 Å². The molecule has 0 aliphatic heterocycles. The summed E-state index contributed by atoms with van der Waals surface area (Å²) in [6.07, 6.45) is 3.68. The fourth-order valence-corrected chi connectivity index (χ4v) is 2.07. The third-order valence-electron chi connectivity index (χ3n) is 2.93. The van der Waals surface area contributed by atoms with Gasteiger partial charge in [-0.15, -0.1) is 0 Å². The first kappa shape index (κ1) is 16.4. The van der Waals surface area contributed by atoms with E-state index in [1.165, 1.54) is 6.42 Å². The number of carbonyl (C=O) groups is 1. The molecule has 0 fully saturated rings. The lowest BCUT2D eigenvalue weighted by molar-refractivity contribution is 0.0931. The number of ketones is 1. The minimum Gasteiger partial charge on any atom is -0.381 e. The van der Waals surface area contributed by atoms with E-state index in [0.29, 0.717) is 13.0 Å². The molecule has 1 rings (SSSR count). The van der Waals surface area contributed by atoms with E-state index in [0.717, 1.165) is 35.4 Å². The van der Waals surface area contributed by atoms with Gasteiger partial charge < -0.3 is 4.74 Å². The predicted octanol–water partition coefficient (Wildman–Crippen LogP) is 4.86. The van der Waals surface area contributed by atoms with Gasteiger partial charge in [-0.2, -0.15) is 0 Å². The van der Waals surface area contributed by atoms with Crippen molar-refractivity contribution in [1.29, 1.82) is 0 Å². The van der Waals surface area contributed by atoms with E-state index in [1.807, 2.05) is 24.3 Å². The van der Waals surface area contributed by atoms with Gasteiger partial charge in [-0.3, -0.25) is 4.79 Å². The highest BCUT2D eigenvalue weighted by atomic mass is 79.9. The zero-order chi connectivity index (χ0) is 14.1. The van der Waals surface area contributed by atoms with Crippen LogP contribution in [0.2, 0.25) is 0 Å². The standard InChI is InChI=1S/C16H23BrO2/c1-13(2)5-3-11-19-12-4-6-16(18)14-7-9-15(17)10-8-14/h7-10,13H,3-6,11-12H2,1-2H3. The van der Waals surface area contributed by atoms with E-state index in [-0.39, 0.29) is 5.78 Å². The van der Waals surface area contributed by atoms with Gasteiger partial charge >= 0.3 is 0 Å². The molecule has 0 saturated heterocycles. The zero-order valence-electron chi connectivity index (χ0n) is 11.8. The molecule has 3 heteroatoms. The largest absolute Gasteiger partial charge is 0.381 e. The van der Waals surface area contributed by atoms with Crippen molar-refractivity contribution in [3.05, 3.63) is 34.3 Å². The van der Waals surface area contributed by atoms with Crippen molar-refractivity contribution in [2.24, 2.45) is 5.92 Å². The Hall–Kier alpha value is -0.670. The molecule has 0 bridgehead atoms. The monoisotopic (exact) mass is 326 g/mol. The van der Waals surface area contributed by atoms with Gasteiger partial charge in [0, 0.05) is 29.7 Å². The quantitative estimate of drug-likeness (QED) is 0.478. The highest BCUT2D eigenvalue weighted by Crippen LogP contribution is 2.12. The van der Waals surface area contributed by atoms with Crippen LogP contribution in [-0.4, -0.2) is 19.0 Å². The maximum absolute atomic E-state index is 11.9. The first-order chi connectivity index (χ1) is 9.09. The smallest absolute Gasteiger partial charge is 0.162 e. The number of benzene rings is 1. The van der Waals surface area contributed by atoms with Crippen molar-refractivity contribution < 1.29 is 9.53 Å². The summed E-state index contributed by atoms with van der Waals surface area (Å²) in [5, 5.41) is 0. The van der Waals surface area contributed by atoms with Gasteiger partial charge in [0.1, 0.15) is 0 Å². The number of halogens is 1. The maximum Gasteiger partial charge on any atom is 0.162 e. The number of hydrogen-bond acceptors (Lipinski definition) is 2. The molecule has 0 amide bonds. The Bertz CT molecular complexity index is 371. The molecule has 2 nitrogen and oxygen atoms in total. The molecular weight excluding hydrogens is 304 g/mol. The van der Waals surface area contributed by atoms with E-state index in [4.69, 9.17) is 4.74 Å². The number of ether oxygens (including phenoxy) is 1. The third kappa shape index (κ3) is 7.48. The number of carbonyl (C=O) groups excluding carboxylic acids is 1. The van der Waals surface area contributed by atoms with Gasteiger partial charge in [-0.05, 0) is 37.3 Å². The van der Waals surface area contributed by atoms with E-state index < -0.39 is 0 Å². The molecule has 0 unspecified atom stereocenters. The Balaban J connectivity index is 2.09. The summed E-state index contributed by atoms with van der Waals surface area (Å²) in [5.41, 5.74) is 0.781. The van der Waals surface area contributed by atoms with E-state index >= 15 is 0 Å². The molecule has 106 valence electrons. The Kier molecular flexibility index (Phi) is 7.99. The van der Waals surface area contributed by atoms with Crippen molar-refractivity contribution in [1.82, 2.24) is 0 Å². The van der Waals surface area contributed by atoms with Crippen LogP contribution in [0.1, 0.15) is 49.9 Å². The van der Waals surface area contributed by atoms with Crippen molar-refractivity contribution in [2.45, 2.75) is 39.5 Å². The Labute approximate surface area is 124 Å². The predicted molar refractivity (Wildman–Crippen MR) is 82.6 cm³/mol. The second kappa shape index (κ2) is 9.27. The molecule has 0 aliphatic carbocycles. The third-order valence-corrected chi connectivity index (χ3v) is 3.46. The number of hydrogen-bond donors (Lipinski definition) is 0. The summed E-state index contributed by atoms with van der Waals surface area (Å²) < 4.78 is 6.53. The first-order valence-electron chi connectivity index (χ1n) is 6.96. The molecule has 0 atom stereocenters. The molecule has 0 heterocycles. The van der Waals surface area contributed by atoms with Crippen LogP contribution in [0, 0.1) is 5.92 Å². The summed E-state index contributed by atoms with van der Waals surface area (Å²) in [6.45, 7) is 5.93. The molecule has 0 aromatic heterocycles. The average molecular weight is 327 g/mol. The highest BCUT2D eigenvalue weighted by Gasteiger charge is 2.05. The summed E-state index contributed by atoms with van der Waals surface area (Å²) >= 11 is 3.36. The van der Waals surface area contributed by atoms with Crippen LogP contribution in [-0.2, 0) is 4.74 Å². The van der Waals surface area contributed by atoms with Crippen LogP contribution < -0.4 is 0 Å². The van der Waals surface area contributed by atoms with E-state index in [9.17, 15) is 4.79 Å². The van der Waals surface area contributed by atoms with Gasteiger partial charge in [-0.25, -0.2) is 0 Å². The molecular formula is C16H23BrO2. The van der Waals surface area contributed by atoms with Crippen LogP contribution >= 0.6 is 15.9 Å². The van der Waals surface area contributed by atoms with Crippen LogP contribution in [0.4, 0.5) is 0 Å². The fraction of sp³-hybridized carbons (Fsp3) is 0.562. The van der Waals surface area contributed by atoms with Crippen LogP contribution in [0.3, 0.4) is 0 Å². The lowest BCUT2D eigenvalue weighted by Gasteiger charge is -2.06. The summed E-state index contributed by atoms with van der Waals surface area (Å²) in [6, 6.07) is 7.51. The van der Waals surface area contributed by atoms with Crippen molar-refractivity contribution >= 4 is 21.7 Å². The van der Waals surface area contributed by atoms with Gasteiger partial charge in [0.25, 0.3) is 0 Å². The molecule has 0 aliphatic rings. The molecule has 19 heavy (non-hydrogen) atoms. The van der Waals surface area contributed by atoms with Crippen molar-refractivity contribution in [2.75, 3.05) is 13.2 Å². The lowest BCUT2D eigenvalue weighted by atomic mass is 10.1. The van der Waals surface area contributed by atoms with E-state index in [2.05, 4.69) is 29.8 Å². The minimum atomic E-state index is 0.193. The summed E-state index contributed by atoms with van der Waals surface area (Å²) in [5.74, 6) is 0.931. The Morgan fingerprint density at radius 2 is 1.79 bits per heavy atom. The highest BCUT2D eigenvalue weighted by molar-refractivity contribution is 9.10. The molecule has 0 N–H and O–H groups in total. The maximum atomic E-state index is 11.9. The van der Waals surface area contributed by atoms with Crippen LogP contribution in [0.15, 0.2) is 28.7 Å². The van der Waals surface area contributed by atoms with Gasteiger partial charge in [-0.1, -0.05) is 41.9 Å². The SMILES string of the molecule is CC(C)CCCOCCCC(=O)c1ccc(Br)cc1. The Morgan fingerprint density at radius 1 is 1.16 bits per heavy atom. The molecule has 0 radical (unpaired) electrons. The normalized spacial score (nSPS) is 10.9. The lowest BCUT2D eigenvalue weighted by Crippen LogP contribution is -2.03. The van der Waals surface area contributed by atoms with Gasteiger partial charge in [0.05, 0.1) is 0 Å². The first-order valence-corrected chi connectivity index (χ1v) is 7.75. The minimum absolute atomic E-state index is 0.193. The molecule has 1 aromatic carbocycles. The Morgan fingerprint density at radius 3 is 2.42 bits per heavy atom. The second-order valence-corrected chi connectivity index (χ2v) is 6.10. The number of Topliss-reactive ketones (excluding diaryl/α,β-unsaturated/α-hetero) is 1. The van der Waals surface area contributed by atoms with Crippen molar-refractivity contribution in [3.8, 4) is 0 Å². The van der Waals surface area contributed by atoms with Gasteiger partial charge in [0.2, 0.25) is 0 Å². The van der Waals surface area contributed by atoms with E-state index in [1.54, 1.807) is 0 Å². The van der Waals surface area contributed by atoms with Crippen molar-refractivity contribution in [3.63, 3.8) is 0 Å². The average Bonchev–Trinajstić information content (AvgIpc) is 2.38. The van der Waals surface area contributed by atoms with Gasteiger partial charge in [0.15, 0.2) is 5.78 Å². The topological polar surface area (TPSA) is 26.3 Å². The molecule has 0 saturated carbocycles. The second-order valence-electron chi connectivity index (χ2n) is 5.18. The van der Waals surface area contributed by atoms with Crippen LogP contribution in [0.25, 0.3) is 0 Å². The summed E-state index contributed by atoms with van der Waals surface area (Å²) in [7, 11) is 0. The fourth-order valence-electron chi connectivity index (χ4n) is 1.81. The molecule has 1 aromatic rings. The molecule has 0 spiro atoms. The number of rotatable bonds is 9. The summed E-state index contributed by atoms with van der Waals surface area (Å²) in [4.78, 5) is 11.9. The zero-order valence-corrected chi connectivity index (χ0v) is 13.4.